The smallest absolute Gasteiger partial charge is 0.357 e. The molecule has 0 radical (unpaired) electrons. The number of halogens is 3. The highest BCUT2D eigenvalue weighted by Crippen LogP contribution is 2.29. The van der Waals surface area contributed by atoms with Gasteiger partial charge in [0.2, 0.25) is 10.0 Å². The van der Waals surface area contributed by atoms with Crippen molar-refractivity contribution in [2.24, 2.45) is 4.99 Å². The molecule has 1 aliphatic rings. The Hall–Kier alpha value is -1.81. The lowest BCUT2D eigenvalue weighted by Crippen LogP contribution is -2.42. The van der Waals surface area contributed by atoms with E-state index in [1.165, 1.54) is 10.4 Å². The summed E-state index contributed by atoms with van der Waals surface area (Å²) >= 11 is 0. The van der Waals surface area contributed by atoms with Gasteiger partial charge >= 0.3 is 6.18 Å². The topological polar surface area (TPSA) is 73.8 Å². The van der Waals surface area contributed by atoms with Crippen LogP contribution in [0.2, 0.25) is 0 Å². The van der Waals surface area contributed by atoms with E-state index in [9.17, 15) is 21.6 Å². The predicted octanol–water partition coefficient (Wildman–Crippen LogP) is 1.80. The maximum Gasteiger partial charge on any atom is 0.416 e. The van der Waals surface area contributed by atoms with E-state index in [0.29, 0.717) is 44.1 Å². The van der Waals surface area contributed by atoms with Gasteiger partial charge < -0.3 is 10.6 Å². The molecular weight excluding hydrogens is 369 g/mol. The first-order valence-corrected chi connectivity index (χ1v) is 9.99. The molecule has 0 saturated carbocycles. The third kappa shape index (κ3) is 5.87. The van der Waals surface area contributed by atoms with E-state index in [0.717, 1.165) is 12.1 Å². The molecule has 0 atom stereocenters. The van der Waals surface area contributed by atoms with Crippen molar-refractivity contribution in [3.8, 4) is 0 Å². The fourth-order valence-electron chi connectivity index (χ4n) is 2.60. The first-order chi connectivity index (χ1) is 12.2. The van der Waals surface area contributed by atoms with Crippen LogP contribution in [0.1, 0.15) is 24.5 Å². The molecule has 0 bridgehead atoms. The number of sulfonamides is 1. The van der Waals surface area contributed by atoms with E-state index in [1.54, 1.807) is 6.07 Å². The molecule has 10 heteroatoms. The van der Waals surface area contributed by atoms with Gasteiger partial charge in [0, 0.05) is 26.2 Å². The van der Waals surface area contributed by atoms with Crippen molar-refractivity contribution in [3.05, 3.63) is 35.4 Å². The van der Waals surface area contributed by atoms with Crippen LogP contribution in [0.15, 0.2) is 29.3 Å². The van der Waals surface area contributed by atoms with Crippen molar-refractivity contribution in [2.45, 2.75) is 26.1 Å². The van der Waals surface area contributed by atoms with Crippen molar-refractivity contribution < 1.29 is 21.6 Å². The van der Waals surface area contributed by atoms with E-state index < -0.39 is 21.8 Å². The van der Waals surface area contributed by atoms with E-state index in [4.69, 9.17) is 0 Å². The van der Waals surface area contributed by atoms with Crippen molar-refractivity contribution in [1.82, 2.24) is 14.9 Å². The maximum atomic E-state index is 12.8. The van der Waals surface area contributed by atoms with Crippen molar-refractivity contribution in [2.75, 3.05) is 31.9 Å². The van der Waals surface area contributed by atoms with Crippen LogP contribution >= 0.6 is 0 Å². The summed E-state index contributed by atoms with van der Waals surface area (Å²) in [5.41, 5.74) is -0.262. The van der Waals surface area contributed by atoms with E-state index >= 15 is 0 Å². The SMILES string of the molecule is CCNC(=NCc1cccc(C(F)(F)F)c1)NCCN1CCCS1(=O)=O. The van der Waals surface area contributed by atoms with Crippen LogP contribution in [-0.2, 0) is 22.7 Å². The average Bonchev–Trinajstić information content (AvgIpc) is 2.91. The van der Waals surface area contributed by atoms with Gasteiger partial charge in [0.25, 0.3) is 0 Å². The summed E-state index contributed by atoms with van der Waals surface area (Å²) in [6.45, 7) is 3.75. The number of nitrogens with zero attached hydrogens (tertiary/aromatic N) is 2. The monoisotopic (exact) mass is 392 g/mol. The Morgan fingerprint density at radius 1 is 1.31 bits per heavy atom. The second-order valence-corrected chi connectivity index (χ2v) is 7.98. The third-order valence-electron chi connectivity index (χ3n) is 3.88. The van der Waals surface area contributed by atoms with Crippen LogP contribution in [0.25, 0.3) is 0 Å². The molecule has 0 aliphatic carbocycles. The molecule has 0 amide bonds. The largest absolute Gasteiger partial charge is 0.416 e. The van der Waals surface area contributed by atoms with Gasteiger partial charge in [0.05, 0.1) is 17.9 Å². The van der Waals surface area contributed by atoms with Gasteiger partial charge in [0.1, 0.15) is 0 Å². The minimum atomic E-state index is -4.39. The Labute approximate surface area is 151 Å². The Morgan fingerprint density at radius 2 is 2.08 bits per heavy atom. The molecule has 2 N–H and O–H groups in total. The number of guanidine groups is 1. The molecule has 6 nitrogen and oxygen atoms in total. The number of rotatable bonds is 6. The minimum Gasteiger partial charge on any atom is -0.357 e. The van der Waals surface area contributed by atoms with Crippen LogP contribution < -0.4 is 10.6 Å². The zero-order chi connectivity index (χ0) is 19.2. The molecule has 146 valence electrons. The fraction of sp³-hybridized carbons (Fsp3) is 0.562. The maximum absolute atomic E-state index is 12.8. The number of hydrogen-bond donors (Lipinski definition) is 2. The highest BCUT2D eigenvalue weighted by atomic mass is 32.2. The summed E-state index contributed by atoms with van der Waals surface area (Å²) < 4.78 is 63.2. The lowest BCUT2D eigenvalue weighted by Gasteiger charge is -2.16. The number of benzene rings is 1. The van der Waals surface area contributed by atoms with E-state index in [2.05, 4.69) is 15.6 Å². The van der Waals surface area contributed by atoms with Gasteiger partial charge in [-0.25, -0.2) is 17.7 Å². The Morgan fingerprint density at radius 3 is 2.69 bits per heavy atom. The summed E-state index contributed by atoms with van der Waals surface area (Å²) in [5, 5.41) is 6.00. The summed E-state index contributed by atoms with van der Waals surface area (Å²) in [4.78, 5) is 4.27. The van der Waals surface area contributed by atoms with Gasteiger partial charge in [-0.1, -0.05) is 12.1 Å². The molecule has 2 rings (SSSR count). The second kappa shape index (κ2) is 8.72. The Kier molecular flexibility index (Phi) is 6.87. The molecule has 0 aromatic heterocycles. The van der Waals surface area contributed by atoms with Crippen LogP contribution in [0.4, 0.5) is 13.2 Å². The molecule has 0 spiro atoms. The first kappa shape index (κ1) is 20.5. The fourth-order valence-corrected chi connectivity index (χ4v) is 4.13. The predicted molar refractivity (Wildman–Crippen MR) is 94.2 cm³/mol. The van der Waals surface area contributed by atoms with Crippen LogP contribution in [0, 0.1) is 0 Å². The summed E-state index contributed by atoms with van der Waals surface area (Å²) in [6.07, 6.45) is -3.75. The molecule has 1 fully saturated rings. The molecule has 1 aromatic rings. The third-order valence-corrected chi connectivity index (χ3v) is 5.83. The zero-order valence-electron chi connectivity index (χ0n) is 14.5. The minimum absolute atomic E-state index is 0.0846. The Balaban J connectivity index is 1.94. The van der Waals surface area contributed by atoms with Crippen molar-refractivity contribution in [1.29, 1.82) is 0 Å². The zero-order valence-corrected chi connectivity index (χ0v) is 15.3. The van der Waals surface area contributed by atoms with Crippen LogP contribution in [0.3, 0.4) is 0 Å². The molecule has 1 heterocycles. The van der Waals surface area contributed by atoms with Gasteiger partial charge in [-0.3, -0.25) is 0 Å². The van der Waals surface area contributed by atoms with Gasteiger partial charge in [-0.15, -0.1) is 0 Å². The quantitative estimate of drug-likeness (QED) is 0.572. The lowest BCUT2D eigenvalue weighted by atomic mass is 10.1. The molecule has 0 unspecified atom stereocenters. The summed E-state index contributed by atoms with van der Waals surface area (Å²) in [5.74, 6) is 0.609. The number of alkyl halides is 3. The van der Waals surface area contributed by atoms with Crippen LogP contribution in [0.5, 0.6) is 0 Å². The van der Waals surface area contributed by atoms with Gasteiger partial charge in [-0.2, -0.15) is 13.2 Å². The lowest BCUT2D eigenvalue weighted by molar-refractivity contribution is -0.137. The first-order valence-electron chi connectivity index (χ1n) is 8.38. The number of nitrogens with one attached hydrogen (secondary N) is 2. The Bertz CT molecular complexity index is 735. The van der Waals surface area contributed by atoms with Gasteiger partial charge in [-0.05, 0) is 31.0 Å². The number of aliphatic imine (C=N–C) groups is 1. The average molecular weight is 392 g/mol. The normalized spacial score (nSPS) is 18.1. The van der Waals surface area contributed by atoms with E-state index in [1.807, 2.05) is 6.92 Å². The van der Waals surface area contributed by atoms with Crippen molar-refractivity contribution >= 4 is 16.0 Å². The molecule has 1 aliphatic heterocycles. The summed E-state index contributed by atoms with van der Waals surface area (Å²) in [6, 6.07) is 5.03. The molecular formula is C16H23F3N4O2S. The van der Waals surface area contributed by atoms with E-state index in [-0.39, 0.29) is 12.3 Å². The molecule has 26 heavy (non-hydrogen) atoms. The molecule has 1 aromatic carbocycles. The standard InChI is InChI=1S/C16H23F3N4O2S/c1-2-20-15(21-7-9-23-8-4-10-26(23,24)25)22-12-13-5-3-6-14(11-13)16(17,18)19/h3,5-6,11H,2,4,7-10,12H2,1H3,(H2,20,21,22). The van der Waals surface area contributed by atoms with Gasteiger partial charge in [0.15, 0.2) is 5.96 Å². The number of hydrogen-bond acceptors (Lipinski definition) is 3. The molecule has 1 saturated heterocycles. The second-order valence-electron chi connectivity index (χ2n) is 5.89. The summed E-state index contributed by atoms with van der Waals surface area (Å²) in [7, 11) is -3.14. The van der Waals surface area contributed by atoms with Crippen LogP contribution in [-0.4, -0.2) is 50.6 Å². The highest BCUT2D eigenvalue weighted by molar-refractivity contribution is 7.89. The van der Waals surface area contributed by atoms with Crippen molar-refractivity contribution in [3.63, 3.8) is 0 Å². The highest BCUT2D eigenvalue weighted by Gasteiger charge is 2.30.